The van der Waals surface area contributed by atoms with Gasteiger partial charge in [0.15, 0.2) is 5.71 Å². The zero-order valence-electron chi connectivity index (χ0n) is 17.6. The predicted molar refractivity (Wildman–Crippen MR) is 117 cm³/mol. The first-order valence-electron chi connectivity index (χ1n) is 9.85. The average Bonchev–Trinajstić information content (AvgIpc) is 2.74. The number of hydrogen-bond donors (Lipinski definition) is 3. The van der Waals surface area contributed by atoms with Gasteiger partial charge in [-0.15, -0.1) is 11.8 Å². The molecule has 32 heavy (non-hydrogen) atoms. The van der Waals surface area contributed by atoms with Gasteiger partial charge in [-0.2, -0.15) is 0 Å². The van der Waals surface area contributed by atoms with Crippen LogP contribution in [0.3, 0.4) is 0 Å². The molecule has 3 N–H and O–H groups in total. The normalized spacial score (nSPS) is 22.4. The molecule has 0 aromatic carbocycles. The molecule has 170 valence electrons. The van der Waals surface area contributed by atoms with E-state index in [4.69, 9.17) is 4.84 Å². The highest BCUT2D eigenvalue weighted by atomic mass is 32.2. The molecule has 0 spiro atoms. The molecule has 2 unspecified atom stereocenters. The highest BCUT2D eigenvalue weighted by Crippen LogP contribution is 2.40. The third-order valence-corrected chi connectivity index (χ3v) is 5.86. The van der Waals surface area contributed by atoms with E-state index in [1.807, 2.05) is 20.8 Å². The number of rotatable bonds is 9. The molecule has 0 aliphatic carbocycles. The van der Waals surface area contributed by atoms with Crippen molar-refractivity contribution >= 4 is 47.5 Å². The van der Waals surface area contributed by atoms with Crippen molar-refractivity contribution in [3.05, 3.63) is 35.7 Å². The van der Waals surface area contributed by atoms with Crippen molar-refractivity contribution in [1.29, 1.82) is 0 Å². The van der Waals surface area contributed by atoms with Crippen molar-refractivity contribution in [2.45, 2.75) is 37.4 Å². The van der Waals surface area contributed by atoms with Crippen molar-refractivity contribution in [2.75, 3.05) is 11.9 Å². The Kier molecular flexibility index (Phi) is 7.13. The number of amides is 3. The van der Waals surface area contributed by atoms with Gasteiger partial charge in [0, 0.05) is 5.25 Å². The summed E-state index contributed by atoms with van der Waals surface area (Å²) >= 11 is 1.36. The Morgan fingerprint density at radius 2 is 2.16 bits per heavy atom. The summed E-state index contributed by atoms with van der Waals surface area (Å²) in [5, 5.41) is 17.6. The number of aliphatic carboxylic acids is 1. The van der Waals surface area contributed by atoms with Crippen LogP contribution >= 0.6 is 11.8 Å². The van der Waals surface area contributed by atoms with Crippen molar-refractivity contribution in [3.8, 4) is 0 Å². The topological polar surface area (TPSA) is 150 Å². The Bertz CT molecular complexity index is 994. The average molecular weight is 462 g/mol. The van der Waals surface area contributed by atoms with Gasteiger partial charge in [0.1, 0.15) is 35.2 Å². The summed E-state index contributed by atoms with van der Waals surface area (Å²) in [5.74, 6) is -2.07. The summed E-state index contributed by atoms with van der Waals surface area (Å²) in [6.07, 6.45) is 1.95. The fourth-order valence-electron chi connectivity index (χ4n) is 3.10. The molecule has 3 amide bonds. The fourth-order valence-corrected chi connectivity index (χ4v) is 4.43. The Balaban J connectivity index is 1.82. The van der Waals surface area contributed by atoms with Crippen molar-refractivity contribution in [1.82, 2.24) is 15.2 Å². The minimum atomic E-state index is -1.20. The third kappa shape index (κ3) is 4.90. The molecule has 12 heteroatoms. The number of carboxylic acid groups (broad SMARTS) is 1. The molecule has 1 aromatic heterocycles. The molecular weight excluding hydrogens is 438 g/mol. The first-order valence-corrected chi connectivity index (χ1v) is 10.8. The molecule has 1 fully saturated rings. The van der Waals surface area contributed by atoms with Crippen LogP contribution in [0.15, 0.2) is 35.1 Å². The van der Waals surface area contributed by atoms with Crippen molar-refractivity contribution in [2.24, 2.45) is 11.1 Å². The van der Waals surface area contributed by atoms with Crippen LogP contribution in [0.2, 0.25) is 0 Å². The SMILES string of the molecule is CC(C)CON=C(C(=O)NC1C(=O)N2C(C(=O)O)=CC(C)S[C@H]12)c1cccc(NC=O)n1. The summed E-state index contributed by atoms with van der Waals surface area (Å²) in [6, 6.07) is 3.71. The summed E-state index contributed by atoms with van der Waals surface area (Å²) < 4.78 is 0. The Hall–Kier alpha value is -3.41. The van der Waals surface area contributed by atoms with E-state index in [0.717, 1.165) is 4.90 Å². The molecule has 2 aliphatic rings. The summed E-state index contributed by atoms with van der Waals surface area (Å²) in [4.78, 5) is 58.5. The molecule has 1 aromatic rings. The maximum Gasteiger partial charge on any atom is 0.352 e. The zero-order valence-corrected chi connectivity index (χ0v) is 18.5. The lowest BCUT2D eigenvalue weighted by Gasteiger charge is -2.49. The van der Waals surface area contributed by atoms with Gasteiger partial charge in [0.05, 0.1) is 0 Å². The van der Waals surface area contributed by atoms with E-state index in [2.05, 4.69) is 20.8 Å². The van der Waals surface area contributed by atoms with Crippen LogP contribution in [0, 0.1) is 5.92 Å². The number of hydrogen-bond acceptors (Lipinski definition) is 8. The molecule has 0 saturated carbocycles. The first-order chi connectivity index (χ1) is 15.2. The van der Waals surface area contributed by atoms with Gasteiger partial charge in [-0.3, -0.25) is 19.3 Å². The minimum Gasteiger partial charge on any atom is -0.477 e. The van der Waals surface area contributed by atoms with Crippen LogP contribution in [0.4, 0.5) is 5.82 Å². The van der Waals surface area contributed by atoms with Gasteiger partial charge in [0.2, 0.25) is 6.41 Å². The largest absolute Gasteiger partial charge is 0.477 e. The number of anilines is 1. The summed E-state index contributed by atoms with van der Waals surface area (Å²) in [5.41, 5.74) is -0.132. The number of oxime groups is 1. The maximum atomic E-state index is 13.0. The smallest absolute Gasteiger partial charge is 0.352 e. The standard InChI is InChI=1S/C20H23N5O6S/c1-10(2)8-31-24-15(12-5-4-6-14(22-12)21-9-26)17(27)23-16-18(28)25-13(20(29)30)7-11(3)32-19(16)25/h4-7,9-11,16,19H,8H2,1-3H3,(H,23,27)(H,29,30)(H,21,22,26)/t11?,16?,19-/m1/s1. The molecule has 11 nitrogen and oxygen atoms in total. The van der Waals surface area contributed by atoms with E-state index in [0.29, 0.717) is 6.41 Å². The lowest BCUT2D eigenvalue weighted by molar-refractivity contribution is -0.150. The molecule has 2 aliphatic heterocycles. The van der Waals surface area contributed by atoms with Gasteiger partial charge in [-0.25, -0.2) is 9.78 Å². The molecular formula is C20H23N5O6S. The van der Waals surface area contributed by atoms with E-state index in [9.17, 15) is 24.3 Å². The van der Waals surface area contributed by atoms with Crippen LogP contribution in [0.25, 0.3) is 0 Å². The van der Waals surface area contributed by atoms with E-state index in [-0.39, 0.29) is 40.7 Å². The lowest BCUT2D eigenvalue weighted by Crippen LogP contribution is -2.71. The highest BCUT2D eigenvalue weighted by molar-refractivity contribution is 8.00. The van der Waals surface area contributed by atoms with E-state index < -0.39 is 29.2 Å². The second kappa shape index (κ2) is 9.81. The van der Waals surface area contributed by atoms with Gasteiger partial charge >= 0.3 is 5.97 Å². The Morgan fingerprint density at radius 1 is 1.41 bits per heavy atom. The highest BCUT2D eigenvalue weighted by Gasteiger charge is 2.54. The van der Waals surface area contributed by atoms with Crippen LogP contribution < -0.4 is 10.6 Å². The monoisotopic (exact) mass is 461 g/mol. The quantitative estimate of drug-likeness (QED) is 0.211. The molecule has 1 saturated heterocycles. The number of fused-ring (bicyclic) bond motifs is 1. The predicted octanol–water partition coefficient (Wildman–Crippen LogP) is 0.784. The Labute approximate surface area is 188 Å². The number of carbonyl (C=O) groups excluding carboxylic acids is 3. The van der Waals surface area contributed by atoms with E-state index in [1.165, 1.54) is 30.0 Å². The van der Waals surface area contributed by atoms with Crippen molar-refractivity contribution < 1.29 is 29.1 Å². The van der Waals surface area contributed by atoms with Gasteiger partial charge in [0.25, 0.3) is 11.8 Å². The second-order valence-electron chi connectivity index (χ2n) is 7.55. The molecule has 3 atom stereocenters. The van der Waals surface area contributed by atoms with Gasteiger partial charge in [-0.05, 0) is 31.1 Å². The maximum absolute atomic E-state index is 13.0. The number of carbonyl (C=O) groups is 4. The van der Waals surface area contributed by atoms with Crippen LogP contribution in [0.1, 0.15) is 26.5 Å². The Morgan fingerprint density at radius 3 is 2.81 bits per heavy atom. The van der Waals surface area contributed by atoms with Gasteiger partial charge < -0.3 is 20.6 Å². The second-order valence-corrected chi connectivity index (χ2v) is 9.05. The summed E-state index contributed by atoms with van der Waals surface area (Å²) in [7, 11) is 0. The number of carboxylic acids is 1. The molecule has 0 bridgehead atoms. The third-order valence-electron chi connectivity index (χ3n) is 4.53. The molecule has 0 radical (unpaired) electrons. The van der Waals surface area contributed by atoms with Crippen LogP contribution in [0.5, 0.6) is 0 Å². The number of thioether (sulfide) groups is 1. The van der Waals surface area contributed by atoms with E-state index >= 15 is 0 Å². The van der Waals surface area contributed by atoms with Gasteiger partial charge in [-0.1, -0.05) is 25.1 Å². The number of nitrogens with zero attached hydrogens (tertiary/aromatic N) is 3. The number of nitrogens with one attached hydrogen (secondary N) is 2. The molecule has 3 heterocycles. The zero-order chi connectivity index (χ0) is 23.4. The number of β-lactam (4-membered cyclic amide) rings is 1. The first kappa shape index (κ1) is 23.3. The van der Waals surface area contributed by atoms with Crippen LogP contribution in [-0.4, -0.2) is 68.2 Å². The van der Waals surface area contributed by atoms with Crippen LogP contribution in [-0.2, 0) is 24.0 Å². The molecule has 3 rings (SSSR count). The van der Waals surface area contributed by atoms with E-state index in [1.54, 1.807) is 6.07 Å². The minimum absolute atomic E-state index is 0.0970. The lowest BCUT2D eigenvalue weighted by atomic mass is 10.0. The fraction of sp³-hybridized carbons (Fsp3) is 0.400. The van der Waals surface area contributed by atoms with Crippen molar-refractivity contribution in [3.63, 3.8) is 0 Å². The summed E-state index contributed by atoms with van der Waals surface area (Å²) in [6.45, 7) is 5.90. The number of aromatic nitrogens is 1. The number of pyridine rings is 1.